The highest BCUT2D eigenvalue weighted by molar-refractivity contribution is 4.38. The van der Waals surface area contributed by atoms with Crippen molar-refractivity contribution in [2.75, 3.05) is 33.0 Å². The summed E-state index contributed by atoms with van der Waals surface area (Å²) >= 11 is 0. The van der Waals surface area contributed by atoms with Crippen LogP contribution in [0.25, 0.3) is 0 Å². The Bertz CT molecular complexity index is 128. The van der Waals surface area contributed by atoms with E-state index in [1.54, 1.807) is 0 Å². The first kappa shape index (κ1) is 14.8. The van der Waals surface area contributed by atoms with E-state index in [1.165, 1.54) is 0 Å². The molecule has 15 heavy (non-hydrogen) atoms. The molecular weight excluding hydrogens is 196 g/mol. The van der Waals surface area contributed by atoms with Gasteiger partial charge in [0, 0.05) is 6.61 Å². The summed E-state index contributed by atoms with van der Waals surface area (Å²) in [6.07, 6.45) is 0.119. The minimum absolute atomic E-state index is 0.148. The number of ether oxygens (including phenoxy) is 4. The maximum Gasteiger partial charge on any atom is 0.154 e. The highest BCUT2D eigenvalue weighted by atomic mass is 16.7. The summed E-state index contributed by atoms with van der Waals surface area (Å²) in [6.45, 7) is 10.9. The van der Waals surface area contributed by atoms with Crippen LogP contribution in [0.5, 0.6) is 0 Å². The molecule has 0 aromatic rings. The van der Waals surface area contributed by atoms with Gasteiger partial charge in [0.2, 0.25) is 0 Å². The lowest BCUT2D eigenvalue weighted by atomic mass is 10.5. The average molecular weight is 220 g/mol. The van der Waals surface area contributed by atoms with E-state index < -0.39 is 0 Å². The molecule has 1 atom stereocenters. The first-order valence-electron chi connectivity index (χ1n) is 5.59. The van der Waals surface area contributed by atoms with Gasteiger partial charge in [-0.15, -0.1) is 0 Å². The Labute approximate surface area is 92.8 Å². The minimum atomic E-state index is -0.148. The topological polar surface area (TPSA) is 36.9 Å². The van der Waals surface area contributed by atoms with Gasteiger partial charge in [-0.3, -0.25) is 0 Å². The molecule has 4 heteroatoms. The molecule has 0 radical (unpaired) electrons. The van der Waals surface area contributed by atoms with Gasteiger partial charge in [0.05, 0.1) is 32.5 Å². The van der Waals surface area contributed by atoms with Gasteiger partial charge in [-0.2, -0.15) is 0 Å². The molecule has 0 aliphatic carbocycles. The predicted molar refractivity (Wildman–Crippen MR) is 58.9 cm³/mol. The highest BCUT2D eigenvalue weighted by Crippen LogP contribution is 1.93. The van der Waals surface area contributed by atoms with Gasteiger partial charge >= 0.3 is 0 Å². The lowest BCUT2D eigenvalue weighted by Crippen LogP contribution is -2.17. The molecule has 0 spiro atoms. The summed E-state index contributed by atoms with van der Waals surface area (Å²) in [5.74, 6) is 0. The van der Waals surface area contributed by atoms with Crippen molar-refractivity contribution in [2.24, 2.45) is 0 Å². The summed E-state index contributed by atoms with van der Waals surface area (Å²) in [7, 11) is 0. The second-order valence-corrected chi connectivity index (χ2v) is 3.43. The first-order valence-corrected chi connectivity index (χ1v) is 5.59. The molecule has 0 aliphatic rings. The van der Waals surface area contributed by atoms with Crippen molar-refractivity contribution in [2.45, 2.75) is 40.1 Å². The number of hydrogen-bond donors (Lipinski definition) is 0. The van der Waals surface area contributed by atoms with Crippen LogP contribution >= 0.6 is 0 Å². The normalized spacial score (nSPS) is 13.4. The van der Waals surface area contributed by atoms with E-state index in [9.17, 15) is 0 Å². The van der Waals surface area contributed by atoms with Gasteiger partial charge in [0.1, 0.15) is 0 Å². The van der Waals surface area contributed by atoms with E-state index in [1.807, 2.05) is 27.7 Å². The van der Waals surface area contributed by atoms with Crippen molar-refractivity contribution < 1.29 is 18.9 Å². The van der Waals surface area contributed by atoms with Gasteiger partial charge in [-0.1, -0.05) is 0 Å². The molecule has 0 aromatic heterocycles. The summed E-state index contributed by atoms with van der Waals surface area (Å²) in [5, 5.41) is 0. The molecule has 92 valence electrons. The van der Waals surface area contributed by atoms with Crippen LogP contribution in [0.15, 0.2) is 0 Å². The quantitative estimate of drug-likeness (QED) is 0.416. The summed E-state index contributed by atoms with van der Waals surface area (Å²) in [5.41, 5.74) is 0. The third-order valence-electron chi connectivity index (χ3n) is 1.66. The lowest BCUT2D eigenvalue weighted by Gasteiger charge is -2.13. The fraction of sp³-hybridized carbons (Fsp3) is 1.00. The van der Waals surface area contributed by atoms with Crippen LogP contribution in [-0.4, -0.2) is 45.4 Å². The molecule has 0 rings (SSSR count). The Morgan fingerprint density at radius 1 is 0.800 bits per heavy atom. The summed E-state index contributed by atoms with van der Waals surface area (Å²) < 4.78 is 21.1. The zero-order valence-electron chi connectivity index (χ0n) is 10.3. The largest absolute Gasteiger partial charge is 0.377 e. The van der Waals surface area contributed by atoms with Crippen molar-refractivity contribution in [1.29, 1.82) is 0 Å². The third kappa shape index (κ3) is 11.8. The second kappa shape index (κ2) is 10.4. The number of hydrogen-bond acceptors (Lipinski definition) is 4. The fourth-order valence-electron chi connectivity index (χ4n) is 1.00. The van der Waals surface area contributed by atoms with Gasteiger partial charge in [-0.05, 0) is 27.7 Å². The third-order valence-corrected chi connectivity index (χ3v) is 1.66. The SMILES string of the molecule is CCOC(C)OCCOCCOC(C)C. The lowest BCUT2D eigenvalue weighted by molar-refractivity contribution is -0.137. The van der Waals surface area contributed by atoms with Crippen LogP contribution in [0.4, 0.5) is 0 Å². The van der Waals surface area contributed by atoms with E-state index in [0.717, 1.165) is 0 Å². The van der Waals surface area contributed by atoms with Gasteiger partial charge in [0.25, 0.3) is 0 Å². The molecule has 0 saturated carbocycles. The molecular formula is C11H24O4. The summed E-state index contributed by atoms with van der Waals surface area (Å²) in [6, 6.07) is 0. The van der Waals surface area contributed by atoms with E-state index in [4.69, 9.17) is 18.9 Å². The zero-order valence-corrected chi connectivity index (χ0v) is 10.3. The van der Waals surface area contributed by atoms with E-state index in [2.05, 4.69) is 0 Å². The average Bonchev–Trinajstić information content (AvgIpc) is 2.16. The highest BCUT2D eigenvalue weighted by Gasteiger charge is 1.99. The zero-order chi connectivity index (χ0) is 11.5. The standard InChI is InChI=1S/C11H24O4/c1-5-13-11(4)15-9-7-12-6-8-14-10(2)3/h10-11H,5-9H2,1-4H3. The van der Waals surface area contributed by atoms with Crippen LogP contribution in [0.3, 0.4) is 0 Å². The van der Waals surface area contributed by atoms with Crippen LogP contribution < -0.4 is 0 Å². The predicted octanol–water partition coefficient (Wildman–Crippen LogP) is 1.83. The molecule has 1 unspecified atom stereocenters. The molecule has 0 bridgehead atoms. The maximum atomic E-state index is 5.32. The van der Waals surface area contributed by atoms with Gasteiger partial charge < -0.3 is 18.9 Å². The Kier molecular flexibility index (Phi) is 10.3. The monoisotopic (exact) mass is 220 g/mol. The van der Waals surface area contributed by atoms with E-state index >= 15 is 0 Å². The molecule has 0 saturated heterocycles. The van der Waals surface area contributed by atoms with E-state index in [-0.39, 0.29) is 12.4 Å². The van der Waals surface area contributed by atoms with Crippen molar-refractivity contribution in [1.82, 2.24) is 0 Å². The second-order valence-electron chi connectivity index (χ2n) is 3.43. The maximum absolute atomic E-state index is 5.32. The van der Waals surface area contributed by atoms with Crippen molar-refractivity contribution in [3.63, 3.8) is 0 Å². The van der Waals surface area contributed by atoms with Crippen molar-refractivity contribution in [3.8, 4) is 0 Å². The Morgan fingerprint density at radius 2 is 1.40 bits per heavy atom. The van der Waals surface area contributed by atoms with Gasteiger partial charge in [-0.25, -0.2) is 0 Å². The Balaban J connectivity index is 3.04. The smallest absolute Gasteiger partial charge is 0.154 e. The molecule has 0 aromatic carbocycles. The van der Waals surface area contributed by atoms with Crippen molar-refractivity contribution in [3.05, 3.63) is 0 Å². The van der Waals surface area contributed by atoms with Crippen LogP contribution in [0.1, 0.15) is 27.7 Å². The number of rotatable bonds is 10. The molecule has 0 fully saturated rings. The minimum Gasteiger partial charge on any atom is -0.377 e. The molecule has 0 aliphatic heterocycles. The Hall–Kier alpha value is -0.160. The molecule has 0 heterocycles. The van der Waals surface area contributed by atoms with Crippen molar-refractivity contribution >= 4 is 0 Å². The van der Waals surface area contributed by atoms with Crippen LogP contribution in [0, 0.1) is 0 Å². The molecule has 0 amide bonds. The first-order chi connectivity index (χ1) is 7.16. The molecule has 4 nitrogen and oxygen atoms in total. The van der Waals surface area contributed by atoms with Gasteiger partial charge in [0.15, 0.2) is 6.29 Å². The van der Waals surface area contributed by atoms with E-state index in [0.29, 0.717) is 33.0 Å². The van der Waals surface area contributed by atoms with Crippen LogP contribution in [0.2, 0.25) is 0 Å². The fourth-order valence-corrected chi connectivity index (χ4v) is 1.00. The van der Waals surface area contributed by atoms with Crippen LogP contribution in [-0.2, 0) is 18.9 Å². The molecule has 0 N–H and O–H groups in total. The Morgan fingerprint density at radius 3 is 1.93 bits per heavy atom. The summed E-state index contributed by atoms with van der Waals surface area (Å²) in [4.78, 5) is 0.